The van der Waals surface area contributed by atoms with Gasteiger partial charge in [-0.05, 0) is 70.6 Å². The van der Waals surface area contributed by atoms with E-state index < -0.39 is 18.2 Å². The Balaban J connectivity index is 4.73. The number of nitrogens with one attached hydrogen (secondary N) is 1. The first-order valence-corrected chi connectivity index (χ1v) is 24.9. The van der Waals surface area contributed by atoms with Crippen LogP contribution in [0.3, 0.4) is 0 Å². The van der Waals surface area contributed by atoms with Gasteiger partial charge in [0.25, 0.3) is 0 Å². The highest BCUT2D eigenvalue weighted by molar-refractivity contribution is 5.77. The number of aliphatic hydroxyl groups excluding tert-OH is 2. The first-order chi connectivity index (χ1) is 29.5. The lowest BCUT2D eigenvalue weighted by Crippen LogP contribution is -2.46. The molecule has 0 spiro atoms. The van der Waals surface area contributed by atoms with Crippen molar-refractivity contribution in [2.45, 2.75) is 238 Å². The molecule has 0 aliphatic rings. The number of esters is 1. The number of aliphatic hydroxyl groups is 2. The van der Waals surface area contributed by atoms with E-state index in [4.69, 9.17) is 4.74 Å². The summed E-state index contributed by atoms with van der Waals surface area (Å²) in [5, 5.41) is 23.7. The minimum atomic E-state index is -0.802. The Hall–Kier alpha value is -2.96. The van der Waals surface area contributed by atoms with Crippen LogP contribution in [-0.2, 0) is 14.3 Å². The molecule has 60 heavy (non-hydrogen) atoms. The molecule has 3 N–H and O–H groups in total. The van der Waals surface area contributed by atoms with Crippen molar-refractivity contribution in [3.05, 3.63) is 85.1 Å². The Morgan fingerprint density at radius 1 is 0.500 bits per heavy atom. The highest BCUT2D eigenvalue weighted by Crippen LogP contribution is 2.17. The highest BCUT2D eigenvalue weighted by atomic mass is 16.5. The van der Waals surface area contributed by atoms with Crippen molar-refractivity contribution >= 4 is 11.9 Å². The van der Waals surface area contributed by atoms with E-state index >= 15 is 0 Å². The summed E-state index contributed by atoms with van der Waals surface area (Å²) < 4.78 is 5.90. The first-order valence-electron chi connectivity index (χ1n) is 24.9. The molecule has 0 heterocycles. The van der Waals surface area contributed by atoms with Crippen molar-refractivity contribution in [3.63, 3.8) is 0 Å². The molecule has 6 nitrogen and oxygen atoms in total. The minimum Gasteiger partial charge on any atom is -0.462 e. The van der Waals surface area contributed by atoms with Gasteiger partial charge in [0.2, 0.25) is 5.91 Å². The van der Waals surface area contributed by atoms with Crippen LogP contribution in [0.4, 0.5) is 0 Å². The van der Waals surface area contributed by atoms with Gasteiger partial charge in [-0.2, -0.15) is 0 Å². The fourth-order valence-electron chi connectivity index (χ4n) is 7.10. The molecule has 344 valence electrons. The Kier molecular flexibility index (Phi) is 44.8. The fraction of sp³-hybridized carbons (Fsp3) is 0.704. The Morgan fingerprint density at radius 3 is 1.43 bits per heavy atom. The molecular weight excluding hydrogens is 743 g/mol. The molecule has 0 fully saturated rings. The smallest absolute Gasteiger partial charge is 0.306 e. The summed E-state index contributed by atoms with van der Waals surface area (Å²) in [6, 6.07) is -0.718. The van der Waals surface area contributed by atoms with Gasteiger partial charge in [-0.3, -0.25) is 9.59 Å². The summed E-state index contributed by atoms with van der Waals surface area (Å²) in [6.45, 7) is 6.30. The van der Waals surface area contributed by atoms with Gasteiger partial charge in [0, 0.05) is 6.42 Å². The Morgan fingerprint density at radius 2 is 0.917 bits per heavy atom. The van der Waals surface area contributed by atoms with Gasteiger partial charge >= 0.3 is 5.97 Å². The zero-order valence-corrected chi connectivity index (χ0v) is 39.1. The van der Waals surface area contributed by atoms with Crippen LogP contribution >= 0.6 is 0 Å². The van der Waals surface area contributed by atoms with Crippen LogP contribution in [0, 0.1) is 0 Å². The molecule has 0 aliphatic carbocycles. The van der Waals surface area contributed by atoms with Crippen LogP contribution in [0.15, 0.2) is 85.1 Å². The van der Waals surface area contributed by atoms with E-state index in [1.165, 1.54) is 89.9 Å². The maximum Gasteiger partial charge on any atom is 0.306 e. The number of allylic oxidation sites excluding steroid dienone is 14. The molecule has 0 rings (SSSR count). The number of unbranched alkanes of at least 4 members (excludes halogenated alkanes) is 22. The van der Waals surface area contributed by atoms with E-state index in [-0.39, 0.29) is 24.9 Å². The van der Waals surface area contributed by atoms with E-state index in [2.05, 4.69) is 56.5 Å². The maximum atomic E-state index is 13.2. The molecule has 0 aromatic heterocycles. The van der Waals surface area contributed by atoms with Crippen LogP contribution < -0.4 is 5.32 Å². The number of ether oxygens (including phenoxy) is 1. The van der Waals surface area contributed by atoms with E-state index in [1.54, 1.807) is 0 Å². The number of amides is 1. The minimum absolute atomic E-state index is 0.0447. The number of rotatable bonds is 43. The van der Waals surface area contributed by atoms with Crippen molar-refractivity contribution in [3.8, 4) is 0 Å². The highest BCUT2D eigenvalue weighted by Gasteiger charge is 2.24. The lowest BCUT2D eigenvalue weighted by molar-refractivity contribution is -0.151. The SMILES string of the molecule is CC\C=C/C=C/C=C/C=C\C=C\C=C\CCCCCC(=O)OC(CCCCC/C=C/CCCCCCCCC)CC(=O)NC(CO)C(O)CCCCCCCCCCCC. The predicted molar refractivity (Wildman–Crippen MR) is 259 cm³/mol. The molecule has 0 aliphatic heterocycles. The monoisotopic (exact) mass is 836 g/mol. The van der Waals surface area contributed by atoms with E-state index in [0.717, 1.165) is 83.5 Å². The predicted octanol–water partition coefficient (Wildman–Crippen LogP) is 14.8. The van der Waals surface area contributed by atoms with E-state index in [9.17, 15) is 19.8 Å². The Labute approximate surface area is 370 Å². The molecule has 0 bridgehead atoms. The van der Waals surface area contributed by atoms with Crippen molar-refractivity contribution in [1.82, 2.24) is 5.32 Å². The van der Waals surface area contributed by atoms with Crippen LogP contribution in [0.5, 0.6) is 0 Å². The van der Waals surface area contributed by atoms with E-state index in [0.29, 0.717) is 19.3 Å². The summed E-state index contributed by atoms with van der Waals surface area (Å²) in [7, 11) is 0. The molecule has 6 heteroatoms. The largest absolute Gasteiger partial charge is 0.462 e. The molecule has 0 saturated heterocycles. The molecule has 3 atom stereocenters. The van der Waals surface area contributed by atoms with Crippen LogP contribution in [-0.4, -0.2) is 46.9 Å². The summed E-state index contributed by atoms with van der Waals surface area (Å²) in [5.41, 5.74) is 0. The topological polar surface area (TPSA) is 95.9 Å². The Bertz CT molecular complexity index is 1160. The summed E-state index contributed by atoms with van der Waals surface area (Å²) in [4.78, 5) is 26.1. The van der Waals surface area contributed by atoms with Gasteiger partial charge in [-0.1, -0.05) is 221 Å². The van der Waals surface area contributed by atoms with Gasteiger partial charge in [-0.15, -0.1) is 0 Å². The van der Waals surface area contributed by atoms with Crippen LogP contribution in [0.25, 0.3) is 0 Å². The lowest BCUT2D eigenvalue weighted by Gasteiger charge is -2.24. The zero-order chi connectivity index (χ0) is 43.8. The first kappa shape index (κ1) is 57.0. The van der Waals surface area contributed by atoms with Crippen molar-refractivity contribution in [1.29, 1.82) is 0 Å². The maximum absolute atomic E-state index is 13.2. The van der Waals surface area contributed by atoms with Crippen molar-refractivity contribution in [2.75, 3.05) is 6.61 Å². The third-order valence-corrected chi connectivity index (χ3v) is 10.9. The third kappa shape index (κ3) is 41.8. The van der Waals surface area contributed by atoms with Gasteiger partial charge in [0.05, 0.1) is 25.2 Å². The van der Waals surface area contributed by atoms with Crippen molar-refractivity contribution in [2.24, 2.45) is 0 Å². The molecular formula is C54H93NO5. The third-order valence-electron chi connectivity index (χ3n) is 10.9. The lowest BCUT2D eigenvalue weighted by atomic mass is 10.0. The molecule has 3 unspecified atom stereocenters. The van der Waals surface area contributed by atoms with Gasteiger partial charge < -0.3 is 20.3 Å². The molecule has 0 aromatic rings. The molecule has 0 saturated carbocycles. The van der Waals surface area contributed by atoms with Crippen molar-refractivity contribution < 1.29 is 24.5 Å². The van der Waals surface area contributed by atoms with Gasteiger partial charge in [0.1, 0.15) is 6.10 Å². The van der Waals surface area contributed by atoms with Crippen LogP contribution in [0.1, 0.15) is 220 Å². The number of carbonyl (C=O) groups is 2. The van der Waals surface area contributed by atoms with Gasteiger partial charge in [-0.25, -0.2) is 0 Å². The van der Waals surface area contributed by atoms with Crippen LogP contribution in [0.2, 0.25) is 0 Å². The van der Waals surface area contributed by atoms with E-state index in [1.807, 2.05) is 54.7 Å². The normalized spacial score (nSPS) is 14.0. The fourth-order valence-corrected chi connectivity index (χ4v) is 7.10. The number of carbonyl (C=O) groups excluding carboxylic acids is 2. The quantitative estimate of drug-likeness (QED) is 0.0246. The summed E-state index contributed by atoms with van der Waals surface area (Å²) >= 11 is 0. The molecule has 0 aromatic carbocycles. The average Bonchev–Trinajstić information content (AvgIpc) is 3.24. The second-order valence-electron chi connectivity index (χ2n) is 16.6. The molecule has 1 amide bonds. The summed E-state index contributed by atoms with van der Waals surface area (Å²) in [6.07, 6.45) is 60.6. The number of hydrogen-bond donors (Lipinski definition) is 3. The zero-order valence-electron chi connectivity index (χ0n) is 39.1. The molecule has 0 radical (unpaired) electrons. The standard InChI is InChI=1S/C54H93NO5/c1-4-7-10-13-16-19-22-24-26-27-28-30-32-35-38-41-44-47-54(59)60-50(45-42-39-36-33-31-29-25-23-20-17-14-11-8-5-2)48-53(58)55-51(49-56)52(57)46-43-40-37-34-21-18-15-12-9-6-3/h7,10,13,16,19,22,24,26-32,50-52,56-57H,4-6,8-9,11-12,14-15,17-18,20-21,23,25,33-49H2,1-3H3,(H,55,58)/b10-7-,16-13+,22-19+,26-24-,28-27+,31-29+,32-30+. The van der Waals surface area contributed by atoms with Gasteiger partial charge in [0.15, 0.2) is 0 Å². The average molecular weight is 836 g/mol. The second kappa shape index (κ2) is 47.1. The number of hydrogen-bond acceptors (Lipinski definition) is 5. The summed E-state index contributed by atoms with van der Waals surface area (Å²) in [5.74, 6) is -0.546. The second-order valence-corrected chi connectivity index (χ2v) is 16.6.